The molecule has 14 heavy (non-hydrogen) atoms. The van der Waals surface area contributed by atoms with Crippen LogP contribution in [-0.4, -0.2) is 45.6 Å². The summed E-state index contributed by atoms with van der Waals surface area (Å²) in [7, 11) is 1.32. The van der Waals surface area contributed by atoms with E-state index >= 15 is 0 Å². The van der Waals surface area contributed by atoms with E-state index in [0.717, 1.165) is 0 Å². The molecule has 0 aliphatic rings. The number of nitrogens with one attached hydrogen (secondary N) is 1. The van der Waals surface area contributed by atoms with Crippen LogP contribution in [0.1, 0.15) is 6.92 Å². The van der Waals surface area contributed by atoms with Crippen LogP contribution >= 0.6 is 7.82 Å². The van der Waals surface area contributed by atoms with Crippen LogP contribution in [0.15, 0.2) is 0 Å². The van der Waals surface area contributed by atoms with Crippen molar-refractivity contribution in [3.05, 3.63) is 0 Å². The van der Waals surface area contributed by atoms with Crippen molar-refractivity contribution in [2.45, 2.75) is 6.92 Å². The lowest BCUT2D eigenvalue weighted by molar-refractivity contribution is -0.887. The maximum absolute atomic E-state index is 11.1. The molecular formula is C7H19N2O4P. The summed E-state index contributed by atoms with van der Waals surface area (Å²) in [5.74, 6) is 0. The zero-order valence-corrected chi connectivity index (χ0v) is 10.0. The molecule has 0 spiro atoms. The minimum absolute atomic E-state index is 0.0472. The van der Waals surface area contributed by atoms with Crippen LogP contribution in [0.25, 0.3) is 0 Å². The van der Waals surface area contributed by atoms with Gasteiger partial charge in [0.15, 0.2) is 6.73 Å². The van der Waals surface area contributed by atoms with E-state index < -0.39 is 7.82 Å². The van der Waals surface area contributed by atoms with Crippen LogP contribution in [0.3, 0.4) is 0 Å². The van der Waals surface area contributed by atoms with Crippen molar-refractivity contribution in [2.24, 2.45) is 0 Å². The molecule has 1 unspecified atom stereocenters. The third-order valence-electron chi connectivity index (χ3n) is 1.18. The lowest BCUT2D eigenvalue weighted by Gasteiger charge is -2.28. The van der Waals surface area contributed by atoms with Crippen molar-refractivity contribution in [1.82, 2.24) is 5.32 Å². The molecule has 86 valence electrons. The van der Waals surface area contributed by atoms with Gasteiger partial charge in [0.05, 0.1) is 21.1 Å². The van der Waals surface area contributed by atoms with Gasteiger partial charge < -0.3 is 13.9 Å². The minimum Gasteiger partial charge on any atom is -0.756 e. The Hall–Kier alpha value is 0.0300. The van der Waals surface area contributed by atoms with Gasteiger partial charge in [0.2, 0.25) is 0 Å². The van der Waals surface area contributed by atoms with Crippen LogP contribution in [0, 0.1) is 0 Å². The molecule has 1 atom stereocenters. The first kappa shape index (κ1) is 14.0. The Morgan fingerprint density at radius 2 is 1.93 bits per heavy atom. The van der Waals surface area contributed by atoms with E-state index in [-0.39, 0.29) is 13.5 Å². The Bertz CT molecular complexity index is 204. The molecule has 0 amide bonds. The molecular weight excluding hydrogens is 207 g/mol. The van der Waals surface area contributed by atoms with Gasteiger partial charge in [-0.3, -0.25) is 14.4 Å². The number of phosphoric ester groups is 1. The highest BCUT2D eigenvalue weighted by Crippen LogP contribution is 2.37. The highest BCUT2D eigenvalue weighted by atomic mass is 31.2. The highest BCUT2D eigenvalue weighted by Gasteiger charge is 2.14. The van der Waals surface area contributed by atoms with Crippen molar-refractivity contribution in [1.29, 1.82) is 0 Å². The van der Waals surface area contributed by atoms with Crippen LogP contribution in [0.4, 0.5) is 0 Å². The molecule has 0 aliphatic heterocycles. The van der Waals surface area contributed by atoms with Gasteiger partial charge in [-0.2, -0.15) is 0 Å². The smallest absolute Gasteiger partial charge is 0.273 e. The Morgan fingerprint density at radius 3 is 2.36 bits per heavy atom. The van der Waals surface area contributed by atoms with E-state index in [2.05, 4.69) is 14.4 Å². The van der Waals surface area contributed by atoms with E-state index in [4.69, 9.17) is 0 Å². The second-order valence-electron chi connectivity index (χ2n) is 3.87. The van der Waals surface area contributed by atoms with Gasteiger partial charge in [-0.15, -0.1) is 0 Å². The Balaban J connectivity index is 3.78. The van der Waals surface area contributed by atoms with E-state index in [1.807, 2.05) is 28.1 Å². The molecule has 0 heterocycles. The molecule has 0 aromatic rings. The van der Waals surface area contributed by atoms with Crippen LogP contribution < -0.4 is 10.2 Å². The first-order valence-electron chi connectivity index (χ1n) is 4.38. The van der Waals surface area contributed by atoms with E-state index in [1.165, 1.54) is 0 Å². The van der Waals surface area contributed by atoms with Crippen molar-refractivity contribution in [3.63, 3.8) is 0 Å². The number of quaternary nitrogens is 1. The monoisotopic (exact) mass is 226 g/mol. The summed E-state index contributed by atoms with van der Waals surface area (Å²) in [4.78, 5) is 11.1. The average Bonchev–Trinajstić information content (AvgIpc) is 2.00. The predicted octanol–water partition coefficient (Wildman–Crippen LogP) is -0.281. The lowest BCUT2D eigenvalue weighted by atomic mass is 10.7. The fourth-order valence-corrected chi connectivity index (χ4v) is 1.32. The molecule has 7 heteroatoms. The molecule has 0 fully saturated rings. The minimum atomic E-state index is -4.15. The molecule has 0 aliphatic carbocycles. The van der Waals surface area contributed by atoms with Gasteiger partial charge in [-0.05, 0) is 6.54 Å². The van der Waals surface area contributed by atoms with Gasteiger partial charge in [0.25, 0.3) is 7.82 Å². The third-order valence-corrected chi connectivity index (χ3v) is 2.05. The lowest BCUT2D eigenvalue weighted by Crippen LogP contribution is -2.37. The molecule has 0 saturated carbocycles. The number of nitrogens with zero attached hydrogens (tertiary/aromatic N) is 1. The number of hydrogen-bond acceptors (Lipinski definition) is 5. The summed E-state index contributed by atoms with van der Waals surface area (Å²) < 4.78 is 20.7. The van der Waals surface area contributed by atoms with E-state index in [9.17, 15) is 9.46 Å². The Morgan fingerprint density at radius 1 is 1.36 bits per heavy atom. The summed E-state index contributed by atoms with van der Waals surface area (Å²) >= 11 is 0. The molecule has 0 aromatic carbocycles. The van der Waals surface area contributed by atoms with Crippen molar-refractivity contribution in [3.8, 4) is 0 Å². The molecule has 1 N–H and O–H groups in total. The molecule has 0 rings (SSSR count). The number of phosphoric acid groups is 1. The summed E-state index contributed by atoms with van der Waals surface area (Å²) in [6, 6.07) is 0. The highest BCUT2D eigenvalue weighted by molar-refractivity contribution is 7.45. The molecule has 6 nitrogen and oxygen atoms in total. The van der Waals surface area contributed by atoms with Crippen LogP contribution in [0.2, 0.25) is 0 Å². The topological polar surface area (TPSA) is 70.6 Å². The number of rotatable bonds is 7. The van der Waals surface area contributed by atoms with E-state index in [0.29, 0.717) is 11.0 Å². The van der Waals surface area contributed by atoms with Gasteiger partial charge in [-0.25, -0.2) is 0 Å². The third kappa shape index (κ3) is 8.62. The van der Waals surface area contributed by atoms with Crippen molar-refractivity contribution >= 4 is 7.82 Å². The average molecular weight is 226 g/mol. The van der Waals surface area contributed by atoms with Gasteiger partial charge in [-0.1, -0.05) is 6.92 Å². The SMILES string of the molecule is CCNCOP(=O)([O-])OC[N+](C)(C)C. The summed E-state index contributed by atoms with van der Waals surface area (Å²) in [6.07, 6.45) is 0. The summed E-state index contributed by atoms with van der Waals surface area (Å²) in [5.41, 5.74) is 0. The molecule has 0 radical (unpaired) electrons. The zero-order valence-electron chi connectivity index (χ0n) is 9.15. The Labute approximate surface area is 85.0 Å². The summed E-state index contributed by atoms with van der Waals surface area (Å²) in [6.45, 7) is 2.52. The Kier molecular flexibility index (Phi) is 5.81. The normalized spacial score (nSPS) is 16.6. The predicted molar refractivity (Wildman–Crippen MR) is 51.2 cm³/mol. The van der Waals surface area contributed by atoms with Crippen LogP contribution in [0.5, 0.6) is 0 Å². The first-order chi connectivity index (χ1) is 6.27. The van der Waals surface area contributed by atoms with Crippen molar-refractivity contribution in [2.75, 3.05) is 41.1 Å². The largest absolute Gasteiger partial charge is 0.756 e. The van der Waals surface area contributed by atoms with Gasteiger partial charge in [0.1, 0.15) is 6.73 Å². The molecule has 0 bridgehead atoms. The van der Waals surface area contributed by atoms with Crippen molar-refractivity contribution < 1.29 is 23.0 Å². The van der Waals surface area contributed by atoms with Crippen LogP contribution in [-0.2, 0) is 13.6 Å². The quantitative estimate of drug-likeness (QED) is 0.280. The zero-order chi connectivity index (χ0) is 11.2. The second kappa shape index (κ2) is 5.80. The fraction of sp³-hybridized carbons (Fsp3) is 1.00. The van der Waals surface area contributed by atoms with E-state index in [1.54, 1.807) is 0 Å². The standard InChI is InChI=1S/C7H19N2O4P/c1-5-8-6-12-14(10,11)13-7-9(2,3)4/h8H,5-7H2,1-4H3. The second-order valence-corrected chi connectivity index (χ2v) is 5.28. The first-order valence-corrected chi connectivity index (χ1v) is 5.84. The molecule has 0 saturated heterocycles. The van der Waals surface area contributed by atoms with Gasteiger partial charge >= 0.3 is 0 Å². The maximum atomic E-state index is 11.1. The van der Waals surface area contributed by atoms with Gasteiger partial charge in [0, 0.05) is 0 Å². The maximum Gasteiger partial charge on any atom is 0.273 e. The summed E-state index contributed by atoms with van der Waals surface area (Å²) in [5, 5.41) is 2.72. The number of hydrogen-bond donors (Lipinski definition) is 1. The molecule has 0 aromatic heterocycles. The fourth-order valence-electron chi connectivity index (χ4n) is 0.508.